The van der Waals surface area contributed by atoms with Crippen LogP contribution >= 0.6 is 0 Å². The lowest BCUT2D eigenvalue weighted by atomic mass is 9.97. The molecule has 2 aromatic carbocycles. The molecule has 4 rings (SSSR count). The second-order valence-corrected chi connectivity index (χ2v) is 9.47. The first-order chi connectivity index (χ1) is 16.5. The number of amides is 2. The average molecular weight is 464 g/mol. The van der Waals surface area contributed by atoms with E-state index in [9.17, 15) is 9.59 Å². The van der Waals surface area contributed by atoms with Crippen molar-refractivity contribution in [3.05, 3.63) is 65.2 Å². The number of carbonyl (C=O) groups excluding carboxylic acids is 2. The summed E-state index contributed by atoms with van der Waals surface area (Å²) in [5, 5.41) is 3.12. The summed E-state index contributed by atoms with van der Waals surface area (Å²) in [4.78, 5) is 30.9. The molecule has 0 spiro atoms. The van der Waals surface area contributed by atoms with Crippen molar-refractivity contribution in [1.29, 1.82) is 0 Å². The zero-order valence-electron chi connectivity index (χ0n) is 20.6. The molecule has 0 radical (unpaired) electrons. The second-order valence-electron chi connectivity index (χ2n) is 9.47. The number of fused-ring (bicyclic) bond motifs is 1. The highest BCUT2D eigenvalue weighted by atomic mass is 16.5. The van der Waals surface area contributed by atoms with E-state index in [2.05, 4.69) is 24.1 Å². The topological polar surface area (TPSA) is 61.9 Å². The van der Waals surface area contributed by atoms with Crippen LogP contribution in [0.25, 0.3) is 0 Å². The minimum atomic E-state index is -0.633. The van der Waals surface area contributed by atoms with Crippen LogP contribution in [0.15, 0.2) is 48.5 Å². The van der Waals surface area contributed by atoms with E-state index in [1.165, 1.54) is 19.3 Å². The van der Waals surface area contributed by atoms with Crippen LogP contribution in [0.2, 0.25) is 0 Å². The lowest BCUT2D eigenvalue weighted by Gasteiger charge is -2.39. The minimum Gasteiger partial charge on any atom is -0.494 e. The molecule has 2 amide bonds. The molecule has 6 heteroatoms. The van der Waals surface area contributed by atoms with Gasteiger partial charge in [0.15, 0.2) is 0 Å². The van der Waals surface area contributed by atoms with Crippen molar-refractivity contribution in [2.75, 3.05) is 19.7 Å². The van der Waals surface area contributed by atoms with Gasteiger partial charge in [-0.2, -0.15) is 0 Å². The minimum absolute atomic E-state index is 0.113. The van der Waals surface area contributed by atoms with Crippen LogP contribution in [-0.2, 0) is 11.3 Å². The van der Waals surface area contributed by atoms with Crippen molar-refractivity contribution in [3.8, 4) is 5.75 Å². The predicted octanol–water partition coefficient (Wildman–Crippen LogP) is 4.55. The van der Waals surface area contributed by atoms with Crippen LogP contribution in [0.3, 0.4) is 0 Å². The first-order valence-corrected chi connectivity index (χ1v) is 12.6. The molecule has 6 nitrogen and oxygen atoms in total. The standard InChI is InChI=1S/C28H37N3O3/c1-4-34-25-16-8-5-13-22(25)19-31-26(23-14-6-7-15-24(23)28(31)33)27(32)29-17-10-18-30-20(2)11-9-12-21(30)3/h5-8,13-16,20-21,26H,4,9-12,17-19H2,1-3H3,(H,29,32)/t20-,21+,26-/m1/s1. The summed E-state index contributed by atoms with van der Waals surface area (Å²) in [5.41, 5.74) is 2.28. The Labute approximate surface area is 203 Å². The third-order valence-electron chi connectivity index (χ3n) is 7.19. The number of likely N-dealkylation sites (tertiary alicyclic amines) is 1. The van der Waals surface area contributed by atoms with Crippen molar-refractivity contribution in [3.63, 3.8) is 0 Å². The van der Waals surface area contributed by atoms with Gasteiger partial charge in [-0.15, -0.1) is 0 Å². The van der Waals surface area contributed by atoms with E-state index in [0.29, 0.717) is 37.3 Å². The van der Waals surface area contributed by atoms with Gasteiger partial charge in [-0.05, 0) is 57.7 Å². The summed E-state index contributed by atoms with van der Waals surface area (Å²) >= 11 is 0. The highest BCUT2D eigenvalue weighted by Gasteiger charge is 2.41. The third-order valence-corrected chi connectivity index (χ3v) is 7.19. The number of hydrogen-bond donors (Lipinski definition) is 1. The van der Waals surface area contributed by atoms with E-state index in [-0.39, 0.29) is 11.8 Å². The SMILES string of the molecule is CCOc1ccccc1CN1C(=O)c2ccccc2[C@@H]1C(=O)NCCCN1[C@H](C)CCC[C@@H]1C. The van der Waals surface area contributed by atoms with Crippen LogP contribution in [0.5, 0.6) is 5.75 Å². The zero-order chi connectivity index (χ0) is 24.1. The largest absolute Gasteiger partial charge is 0.494 e. The Bertz CT molecular complexity index is 998. The lowest BCUT2D eigenvalue weighted by Crippen LogP contribution is -2.45. The second kappa shape index (κ2) is 11.0. The molecule has 0 aliphatic carbocycles. The van der Waals surface area contributed by atoms with Gasteiger partial charge in [0.05, 0.1) is 13.2 Å². The van der Waals surface area contributed by atoms with Crippen molar-refractivity contribution in [1.82, 2.24) is 15.1 Å². The predicted molar refractivity (Wildman–Crippen MR) is 134 cm³/mol. The van der Waals surface area contributed by atoms with E-state index < -0.39 is 6.04 Å². The lowest BCUT2D eigenvalue weighted by molar-refractivity contribution is -0.125. The molecule has 2 aliphatic rings. The zero-order valence-corrected chi connectivity index (χ0v) is 20.6. The number of carbonyl (C=O) groups is 2. The van der Waals surface area contributed by atoms with E-state index >= 15 is 0 Å². The summed E-state index contributed by atoms with van der Waals surface area (Å²) < 4.78 is 5.77. The molecule has 3 atom stereocenters. The van der Waals surface area contributed by atoms with Gasteiger partial charge in [0.2, 0.25) is 5.91 Å². The maximum Gasteiger partial charge on any atom is 0.255 e. The monoisotopic (exact) mass is 463 g/mol. The fraction of sp³-hybridized carbons (Fsp3) is 0.500. The van der Waals surface area contributed by atoms with Gasteiger partial charge in [-0.25, -0.2) is 0 Å². The number of rotatable bonds is 9. The van der Waals surface area contributed by atoms with Crippen LogP contribution in [0, 0.1) is 0 Å². The van der Waals surface area contributed by atoms with Crippen LogP contribution < -0.4 is 10.1 Å². The smallest absolute Gasteiger partial charge is 0.255 e. The van der Waals surface area contributed by atoms with Crippen molar-refractivity contribution < 1.29 is 14.3 Å². The Hall–Kier alpha value is -2.86. The Morgan fingerprint density at radius 1 is 1.06 bits per heavy atom. The number of benzene rings is 2. The van der Waals surface area contributed by atoms with Gasteiger partial charge in [0.25, 0.3) is 5.91 Å². The maximum absolute atomic E-state index is 13.4. The summed E-state index contributed by atoms with van der Waals surface area (Å²) in [7, 11) is 0. The van der Waals surface area contributed by atoms with E-state index in [1.807, 2.05) is 55.5 Å². The Balaban J connectivity index is 1.45. The van der Waals surface area contributed by atoms with E-state index in [1.54, 1.807) is 4.90 Å². The van der Waals surface area contributed by atoms with Crippen molar-refractivity contribution in [2.45, 2.75) is 71.1 Å². The Morgan fingerprint density at radius 3 is 2.53 bits per heavy atom. The molecule has 2 aromatic rings. The quantitative estimate of drug-likeness (QED) is 0.554. The Kier molecular flexibility index (Phi) is 7.88. The Morgan fingerprint density at radius 2 is 1.76 bits per heavy atom. The first kappa shape index (κ1) is 24.3. The van der Waals surface area contributed by atoms with Gasteiger partial charge in [-0.3, -0.25) is 14.5 Å². The number of piperidine rings is 1. The molecule has 0 bridgehead atoms. The maximum atomic E-state index is 13.4. The highest BCUT2D eigenvalue weighted by Crippen LogP contribution is 2.36. The van der Waals surface area contributed by atoms with Crippen molar-refractivity contribution in [2.24, 2.45) is 0 Å². The van der Waals surface area contributed by atoms with Crippen LogP contribution in [0.1, 0.15) is 74.0 Å². The molecule has 1 N–H and O–H groups in total. The van der Waals surface area contributed by atoms with Gasteiger partial charge >= 0.3 is 0 Å². The van der Waals surface area contributed by atoms with Gasteiger partial charge < -0.3 is 15.0 Å². The number of ether oxygens (including phenoxy) is 1. The summed E-state index contributed by atoms with van der Waals surface area (Å²) in [5.74, 6) is 0.516. The fourth-order valence-electron chi connectivity index (χ4n) is 5.42. The summed E-state index contributed by atoms with van der Waals surface area (Å²) in [6.45, 7) is 8.99. The molecule has 0 aromatic heterocycles. The first-order valence-electron chi connectivity index (χ1n) is 12.6. The average Bonchev–Trinajstić information content (AvgIpc) is 3.11. The summed E-state index contributed by atoms with van der Waals surface area (Å²) in [6, 6.07) is 15.7. The molecule has 0 saturated carbocycles. The van der Waals surface area contributed by atoms with Crippen LogP contribution in [0.4, 0.5) is 0 Å². The molecular formula is C28H37N3O3. The third kappa shape index (κ3) is 5.12. The molecule has 34 heavy (non-hydrogen) atoms. The van der Waals surface area contributed by atoms with E-state index in [0.717, 1.165) is 29.8 Å². The number of nitrogens with one attached hydrogen (secondary N) is 1. The highest BCUT2D eigenvalue weighted by molar-refractivity contribution is 6.04. The molecule has 1 fully saturated rings. The molecule has 1 saturated heterocycles. The van der Waals surface area contributed by atoms with Gasteiger partial charge in [0, 0.05) is 36.3 Å². The molecule has 2 aliphatic heterocycles. The molecule has 0 unspecified atom stereocenters. The fourth-order valence-corrected chi connectivity index (χ4v) is 5.42. The molecule has 2 heterocycles. The van der Waals surface area contributed by atoms with Crippen molar-refractivity contribution >= 4 is 11.8 Å². The van der Waals surface area contributed by atoms with E-state index in [4.69, 9.17) is 4.74 Å². The summed E-state index contributed by atoms with van der Waals surface area (Å²) in [6.07, 6.45) is 4.69. The number of nitrogens with zero attached hydrogens (tertiary/aromatic N) is 2. The van der Waals surface area contributed by atoms with Gasteiger partial charge in [-0.1, -0.05) is 42.8 Å². The van der Waals surface area contributed by atoms with Gasteiger partial charge in [0.1, 0.15) is 11.8 Å². The normalized spacial score (nSPS) is 22.5. The molecular weight excluding hydrogens is 426 g/mol. The molecule has 182 valence electrons. The number of para-hydroxylation sites is 1. The number of hydrogen-bond acceptors (Lipinski definition) is 4. The van der Waals surface area contributed by atoms with Crippen LogP contribution in [-0.4, -0.2) is 53.4 Å².